The monoisotopic (exact) mass is 264 g/mol. The van der Waals surface area contributed by atoms with E-state index in [1.807, 2.05) is 54.6 Å². The first-order valence-electron chi connectivity index (χ1n) is 6.30. The van der Waals surface area contributed by atoms with Crippen molar-refractivity contribution in [1.29, 1.82) is 0 Å². The molecule has 0 fully saturated rings. The Labute approximate surface area is 115 Å². The van der Waals surface area contributed by atoms with Crippen molar-refractivity contribution in [1.82, 2.24) is 0 Å². The SMILES string of the molecule is [N-]=[N+]=NC1C(=O)Nc2ccccc2C1c1ccccc1. The Morgan fingerprint density at radius 2 is 1.75 bits per heavy atom. The van der Waals surface area contributed by atoms with Gasteiger partial charge in [0.2, 0.25) is 5.91 Å². The molecule has 1 aliphatic rings. The lowest BCUT2D eigenvalue weighted by Gasteiger charge is -2.30. The third kappa shape index (κ3) is 2.00. The second kappa shape index (κ2) is 5.07. The first kappa shape index (κ1) is 12.3. The van der Waals surface area contributed by atoms with Crippen LogP contribution in [0.2, 0.25) is 0 Å². The van der Waals surface area contributed by atoms with Gasteiger partial charge in [0.05, 0.1) is 0 Å². The summed E-state index contributed by atoms with van der Waals surface area (Å²) in [6, 6.07) is 16.5. The lowest BCUT2D eigenvalue weighted by Crippen LogP contribution is -2.37. The van der Waals surface area contributed by atoms with Crippen LogP contribution in [-0.2, 0) is 4.79 Å². The zero-order valence-electron chi connectivity index (χ0n) is 10.6. The first-order chi connectivity index (χ1) is 9.81. The molecule has 0 spiro atoms. The molecule has 2 aromatic carbocycles. The normalized spacial score (nSPS) is 20.5. The Balaban J connectivity index is 2.19. The lowest BCUT2D eigenvalue weighted by molar-refractivity contribution is -0.117. The van der Waals surface area contributed by atoms with E-state index in [9.17, 15) is 4.79 Å². The summed E-state index contributed by atoms with van der Waals surface area (Å²) >= 11 is 0. The Morgan fingerprint density at radius 3 is 2.50 bits per heavy atom. The molecule has 3 rings (SSSR count). The van der Waals surface area contributed by atoms with Gasteiger partial charge in [-0.15, -0.1) is 0 Å². The van der Waals surface area contributed by atoms with Gasteiger partial charge in [-0.1, -0.05) is 53.6 Å². The standard InChI is InChI=1S/C15H12N4O/c16-19-18-14-13(10-6-2-1-3-7-10)11-8-4-5-9-12(11)17-15(14)20/h1-9,13-14H,(H,17,20). The minimum atomic E-state index is -0.766. The van der Waals surface area contributed by atoms with Gasteiger partial charge in [-0.3, -0.25) is 4.79 Å². The molecule has 2 atom stereocenters. The molecule has 0 bridgehead atoms. The van der Waals surface area contributed by atoms with Crippen molar-refractivity contribution in [3.05, 3.63) is 76.2 Å². The summed E-state index contributed by atoms with van der Waals surface area (Å²) in [4.78, 5) is 15.0. The van der Waals surface area contributed by atoms with Gasteiger partial charge in [0, 0.05) is 16.5 Å². The fourth-order valence-corrected chi connectivity index (χ4v) is 2.61. The number of fused-ring (bicyclic) bond motifs is 1. The summed E-state index contributed by atoms with van der Waals surface area (Å²) in [6.07, 6.45) is 0. The summed E-state index contributed by atoms with van der Waals surface area (Å²) in [5.41, 5.74) is 11.4. The first-order valence-corrected chi connectivity index (χ1v) is 6.30. The number of carbonyl (C=O) groups is 1. The highest BCUT2D eigenvalue weighted by Crippen LogP contribution is 2.38. The number of rotatable bonds is 2. The molecule has 0 aliphatic carbocycles. The van der Waals surface area contributed by atoms with Gasteiger partial charge in [-0.25, -0.2) is 0 Å². The molecule has 1 N–H and O–H groups in total. The fraction of sp³-hybridized carbons (Fsp3) is 0.133. The summed E-state index contributed by atoms with van der Waals surface area (Å²) in [6.45, 7) is 0. The smallest absolute Gasteiger partial charge is 0.234 e. The largest absolute Gasteiger partial charge is 0.325 e. The molecule has 98 valence electrons. The summed E-state index contributed by atoms with van der Waals surface area (Å²) in [5.74, 6) is -0.521. The van der Waals surface area contributed by atoms with E-state index in [2.05, 4.69) is 15.3 Å². The molecule has 1 aliphatic heterocycles. The highest BCUT2D eigenvalue weighted by molar-refractivity contribution is 5.99. The fourth-order valence-electron chi connectivity index (χ4n) is 2.61. The van der Waals surface area contributed by atoms with Crippen LogP contribution < -0.4 is 5.32 Å². The maximum atomic E-state index is 12.2. The van der Waals surface area contributed by atoms with Gasteiger partial charge in [-0.2, -0.15) is 0 Å². The summed E-state index contributed by atoms with van der Waals surface area (Å²) < 4.78 is 0. The number of nitrogens with one attached hydrogen (secondary N) is 1. The minimum absolute atomic E-state index is 0.253. The third-order valence-electron chi connectivity index (χ3n) is 3.47. The summed E-state index contributed by atoms with van der Waals surface area (Å²) in [5, 5.41) is 6.48. The molecule has 0 radical (unpaired) electrons. The zero-order chi connectivity index (χ0) is 13.9. The molecule has 5 nitrogen and oxygen atoms in total. The van der Waals surface area contributed by atoms with Crippen LogP contribution >= 0.6 is 0 Å². The van der Waals surface area contributed by atoms with Crippen LogP contribution in [0, 0.1) is 0 Å². The molecule has 5 heteroatoms. The van der Waals surface area contributed by atoms with E-state index in [1.165, 1.54) is 0 Å². The van der Waals surface area contributed by atoms with E-state index in [-0.39, 0.29) is 11.8 Å². The second-order valence-electron chi connectivity index (χ2n) is 4.61. The highest BCUT2D eigenvalue weighted by atomic mass is 16.2. The third-order valence-corrected chi connectivity index (χ3v) is 3.47. The number of amides is 1. The van der Waals surface area contributed by atoms with E-state index in [0.29, 0.717) is 0 Å². The van der Waals surface area contributed by atoms with Crippen LogP contribution in [-0.4, -0.2) is 11.9 Å². The van der Waals surface area contributed by atoms with Gasteiger partial charge in [0.15, 0.2) is 0 Å². The molecule has 20 heavy (non-hydrogen) atoms. The van der Waals surface area contributed by atoms with Crippen LogP contribution in [0.15, 0.2) is 59.7 Å². The van der Waals surface area contributed by atoms with Gasteiger partial charge < -0.3 is 5.32 Å². The molecule has 0 saturated carbocycles. The van der Waals surface area contributed by atoms with Gasteiger partial charge in [0.1, 0.15) is 6.04 Å². The maximum Gasteiger partial charge on any atom is 0.234 e. The van der Waals surface area contributed by atoms with Crippen LogP contribution in [0.3, 0.4) is 0 Å². The zero-order valence-corrected chi connectivity index (χ0v) is 10.6. The number of carbonyl (C=O) groups excluding carboxylic acids is 1. The molecule has 1 amide bonds. The maximum absolute atomic E-state index is 12.2. The molecule has 0 aromatic heterocycles. The number of nitrogens with zero attached hydrogens (tertiary/aromatic N) is 3. The highest BCUT2D eigenvalue weighted by Gasteiger charge is 2.35. The predicted molar refractivity (Wildman–Crippen MR) is 76.3 cm³/mol. The van der Waals surface area contributed by atoms with E-state index >= 15 is 0 Å². The van der Waals surface area contributed by atoms with E-state index in [4.69, 9.17) is 5.53 Å². The van der Waals surface area contributed by atoms with Crippen molar-refractivity contribution in [2.24, 2.45) is 5.11 Å². The van der Waals surface area contributed by atoms with Crippen LogP contribution in [0.25, 0.3) is 10.4 Å². The van der Waals surface area contributed by atoms with E-state index in [1.54, 1.807) is 0 Å². The molecule has 1 heterocycles. The van der Waals surface area contributed by atoms with Crippen molar-refractivity contribution < 1.29 is 4.79 Å². The Bertz CT molecular complexity index is 692. The van der Waals surface area contributed by atoms with Crippen molar-refractivity contribution in [2.75, 3.05) is 5.32 Å². The Kier molecular flexibility index (Phi) is 3.11. The molecular formula is C15H12N4O. The minimum Gasteiger partial charge on any atom is -0.325 e. The average Bonchev–Trinajstić information content (AvgIpc) is 2.49. The van der Waals surface area contributed by atoms with Gasteiger partial charge in [-0.05, 0) is 22.7 Å². The molecule has 2 aromatic rings. The number of hydrogen-bond acceptors (Lipinski definition) is 2. The molecular weight excluding hydrogens is 252 g/mol. The second-order valence-corrected chi connectivity index (χ2v) is 4.61. The van der Waals surface area contributed by atoms with E-state index < -0.39 is 6.04 Å². The Morgan fingerprint density at radius 1 is 1.05 bits per heavy atom. The predicted octanol–water partition coefficient (Wildman–Crippen LogP) is 3.45. The number of hydrogen-bond donors (Lipinski definition) is 1. The van der Waals surface area contributed by atoms with Crippen LogP contribution in [0.4, 0.5) is 5.69 Å². The van der Waals surface area contributed by atoms with Gasteiger partial charge >= 0.3 is 0 Å². The van der Waals surface area contributed by atoms with Crippen molar-refractivity contribution in [3.8, 4) is 0 Å². The van der Waals surface area contributed by atoms with Crippen LogP contribution in [0.5, 0.6) is 0 Å². The Hall–Kier alpha value is -2.78. The molecule has 0 saturated heterocycles. The van der Waals surface area contributed by atoms with Crippen LogP contribution in [0.1, 0.15) is 17.0 Å². The average molecular weight is 264 g/mol. The number of azide groups is 1. The summed E-state index contributed by atoms with van der Waals surface area (Å²) in [7, 11) is 0. The van der Waals surface area contributed by atoms with Gasteiger partial charge in [0.25, 0.3) is 0 Å². The number of anilines is 1. The number of benzene rings is 2. The van der Waals surface area contributed by atoms with Crippen molar-refractivity contribution in [3.63, 3.8) is 0 Å². The van der Waals surface area contributed by atoms with E-state index in [0.717, 1.165) is 16.8 Å². The molecule has 2 unspecified atom stereocenters. The topological polar surface area (TPSA) is 77.9 Å². The van der Waals surface area contributed by atoms with Crippen molar-refractivity contribution >= 4 is 11.6 Å². The quantitative estimate of drug-likeness (QED) is 0.503. The number of para-hydroxylation sites is 1. The van der Waals surface area contributed by atoms with Crippen molar-refractivity contribution in [2.45, 2.75) is 12.0 Å². The lowest BCUT2D eigenvalue weighted by atomic mass is 9.81.